The first-order valence-electron chi connectivity index (χ1n) is 10.8. The lowest BCUT2D eigenvalue weighted by atomic mass is 10.2. The van der Waals surface area contributed by atoms with E-state index in [1.165, 1.54) is 0 Å². The molecule has 0 aliphatic carbocycles. The molecule has 3 aromatic rings. The second kappa shape index (κ2) is 11.6. The zero-order chi connectivity index (χ0) is 31.0. The summed E-state index contributed by atoms with van der Waals surface area (Å²) in [5.74, 6) is -0.992. The molecule has 0 atom stereocenters. The highest BCUT2D eigenvalue weighted by molar-refractivity contribution is 7.92. The molecule has 0 saturated carbocycles. The van der Waals surface area contributed by atoms with Gasteiger partial charge in [0, 0.05) is 11.4 Å². The van der Waals surface area contributed by atoms with Crippen molar-refractivity contribution in [2.75, 3.05) is 27.1 Å². The van der Waals surface area contributed by atoms with E-state index in [1.807, 2.05) is 4.72 Å². The van der Waals surface area contributed by atoms with E-state index in [0.29, 0.717) is 22.7 Å². The lowest BCUT2D eigenvalue weighted by Gasteiger charge is -2.23. The predicted octanol–water partition coefficient (Wildman–Crippen LogP) is 6.24. The van der Waals surface area contributed by atoms with Crippen molar-refractivity contribution in [3.05, 3.63) is 81.8 Å². The minimum atomic E-state index is -4.90. The van der Waals surface area contributed by atoms with Crippen LogP contribution in [0.3, 0.4) is 0 Å². The van der Waals surface area contributed by atoms with Crippen LogP contribution in [0.2, 0.25) is 10.0 Å². The molecule has 2 N–H and O–H groups in total. The number of benzene rings is 3. The van der Waals surface area contributed by atoms with Crippen molar-refractivity contribution in [1.29, 1.82) is 0 Å². The van der Waals surface area contributed by atoms with E-state index < -0.39 is 82.3 Å². The number of anilines is 3. The van der Waals surface area contributed by atoms with Gasteiger partial charge < -0.3 is 5.32 Å². The normalized spacial score (nSPS) is 12.6. The highest BCUT2D eigenvalue weighted by atomic mass is 35.5. The number of rotatable bonds is 8. The molecule has 0 saturated heterocycles. The molecule has 1 amide bonds. The molecule has 0 spiro atoms. The Morgan fingerprint density at radius 1 is 0.780 bits per heavy atom. The van der Waals surface area contributed by atoms with E-state index in [2.05, 4.69) is 5.32 Å². The number of nitrogens with zero attached hydrogens (tertiary/aromatic N) is 1. The van der Waals surface area contributed by atoms with E-state index in [4.69, 9.17) is 23.2 Å². The summed E-state index contributed by atoms with van der Waals surface area (Å²) in [5, 5.41) is 0.968. The first-order valence-corrected chi connectivity index (χ1v) is 14.9. The summed E-state index contributed by atoms with van der Waals surface area (Å²) >= 11 is 11.1. The Bertz CT molecular complexity index is 1680. The maximum Gasteiger partial charge on any atom is 0.417 e. The molecule has 3 rings (SSSR count). The van der Waals surface area contributed by atoms with Crippen LogP contribution in [-0.2, 0) is 37.2 Å². The number of carbonyl (C=O) groups excluding carboxylic acids is 1. The van der Waals surface area contributed by atoms with E-state index >= 15 is 0 Å². The quantitative estimate of drug-likeness (QED) is 0.277. The lowest BCUT2D eigenvalue weighted by molar-refractivity contribution is -0.138. The monoisotopic (exact) mass is 663 g/mol. The number of sulfonamides is 2. The molecule has 0 unspecified atom stereocenters. The Balaban J connectivity index is 1.77. The summed E-state index contributed by atoms with van der Waals surface area (Å²) in [6, 6.07) is 8.90. The minimum Gasteiger partial charge on any atom is -0.325 e. The second-order valence-corrected chi connectivity index (χ2v) is 12.7. The zero-order valence-electron chi connectivity index (χ0n) is 20.3. The van der Waals surface area contributed by atoms with Crippen molar-refractivity contribution in [2.24, 2.45) is 0 Å². The van der Waals surface area contributed by atoms with Crippen LogP contribution < -0.4 is 14.3 Å². The van der Waals surface area contributed by atoms with Crippen molar-refractivity contribution < 1.29 is 48.0 Å². The third kappa shape index (κ3) is 8.18. The van der Waals surface area contributed by atoms with Crippen LogP contribution in [0.25, 0.3) is 0 Å². The number of halogens is 8. The van der Waals surface area contributed by atoms with Gasteiger partial charge in [-0.2, -0.15) is 26.3 Å². The Labute approximate surface area is 240 Å². The molecule has 3 aromatic carbocycles. The largest absolute Gasteiger partial charge is 0.417 e. The first kappa shape index (κ1) is 32.3. The molecule has 8 nitrogen and oxygen atoms in total. The van der Waals surface area contributed by atoms with Crippen LogP contribution in [0.15, 0.2) is 65.6 Å². The molecule has 0 bridgehead atoms. The summed E-state index contributed by atoms with van der Waals surface area (Å²) in [6.45, 7) is -0.947. The Morgan fingerprint density at radius 3 is 1.78 bits per heavy atom. The average molecular weight is 664 g/mol. The SMILES string of the molecule is CS(=O)(=O)N(CC(=O)Nc1ccc(S(=O)(=O)Nc2ccc(Cl)c(C(F)(F)F)c2)cc1)c1ccc(Cl)c(C(F)(F)F)c1. The van der Waals surface area contributed by atoms with Crippen LogP contribution in [0, 0.1) is 0 Å². The fourth-order valence-corrected chi connectivity index (χ4v) is 5.70. The zero-order valence-corrected chi connectivity index (χ0v) is 23.5. The van der Waals surface area contributed by atoms with Gasteiger partial charge in [-0.25, -0.2) is 16.8 Å². The van der Waals surface area contributed by atoms with Gasteiger partial charge in [-0.05, 0) is 60.7 Å². The summed E-state index contributed by atoms with van der Waals surface area (Å²) in [6.07, 6.45) is -9.06. The number of hydrogen-bond acceptors (Lipinski definition) is 5. The summed E-state index contributed by atoms with van der Waals surface area (Å²) in [7, 11) is -8.65. The molecule has 222 valence electrons. The summed E-state index contributed by atoms with van der Waals surface area (Å²) < 4.78 is 131. The van der Waals surface area contributed by atoms with Crippen LogP contribution in [0.5, 0.6) is 0 Å². The standard InChI is InChI=1S/C23H17Cl2F6N3O5S2/c1-40(36,37)34(15-5-9-20(25)18(11-15)23(29,30)31)12-21(35)32-13-2-6-16(7-3-13)41(38,39)33-14-4-8-19(24)17(10-14)22(26,27)28/h2-11,33H,12H2,1H3,(H,32,35). The molecule has 0 aliphatic rings. The van der Waals surface area contributed by atoms with Gasteiger partial charge in [0.2, 0.25) is 15.9 Å². The average Bonchev–Trinajstić information content (AvgIpc) is 2.82. The predicted molar refractivity (Wildman–Crippen MR) is 141 cm³/mol. The van der Waals surface area contributed by atoms with Gasteiger partial charge in [-0.15, -0.1) is 0 Å². The third-order valence-electron chi connectivity index (χ3n) is 5.20. The number of hydrogen-bond donors (Lipinski definition) is 2. The highest BCUT2D eigenvalue weighted by Crippen LogP contribution is 2.38. The molecule has 18 heteroatoms. The van der Waals surface area contributed by atoms with Crippen molar-refractivity contribution in [2.45, 2.75) is 17.2 Å². The number of amides is 1. The summed E-state index contributed by atoms with van der Waals surface area (Å²) in [5.41, 5.74) is -3.50. The Hall–Kier alpha value is -3.21. The molecular weight excluding hydrogens is 647 g/mol. The molecule has 0 radical (unpaired) electrons. The number of alkyl halides is 6. The third-order valence-corrected chi connectivity index (χ3v) is 8.40. The summed E-state index contributed by atoms with van der Waals surface area (Å²) in [4.78, 5) is 12.2. The van der Waals surface area contributed by atoms with Crippen LogP contribution >= 0.6 is 23.2 Å². The van der Waals surface area contributed by atoms with Gasteiger partial charge in [0.15, 0.2) is 0 Å². The molecular formula is C23H17Cl2F6N3O5S2. The minimum absolute atomic E-state index is 0.0275. The van der Waals surface area contributed by atoms with Crippen molar-refractivity contribution in [3.63, 3.8) is 0 Å². The maximum atomic E-state index is 13.2. The van der Waals surface area contributed by atoms with E-state index in [9.17, 15) is 48.0 Å². The second-order valence-electron chi connectivity index (χ2n) is 8.30. The number of carbonyl (C=O) groups is 1. The maximum absolute atomic E-state index is 13.2. The van der Waals surface area contributed by atoms with Crippen molar-refractivity contribution in [1.82, 2.24) is 0 Å². The van der Waals surface area contributed by atoms with Gasteiger partial charge in [0.1, 0.15) is 6.54 Å². The van der Waals surface area contributed by atoms with Crippen LogP contribution in [0.1, 0.15) is 11.1 Å². The highest BCUT2D eigenvalue weighted by Gasteiger charge is 2.35. The topological polar surface area (TPSA) is 113 Å². The fourth-order valence-electron chi connectivity index (χ4n) is 3.35. The lowest BCUT2D eigenvalue weighted by Crippen LogP contribution is -2.37. The smallest absolute Gasteiger partial charge is 0.325 e. The number of nitrogens with one attached hydrogen (secondary N) is 2. The van der Waals surface area contributed by atoms with Gasteiger partial charge >= 0.3 is 12.4 Å². The fraction of sp³-hybridized carbons (Fsp3) is 0.174. The van der Waals surface area contributed by atoms with Gasteiger partial charge in [-0.3, -0.25) is 13.8 Å². The molecule has 0 aromatic heterocycles. The van der Waals surface area contributed by atoms with Gasteiger partial charge in [-0.1, -0.05) is 23.2 Å². The van der Waals surface area contributed by atoms with Crippen molar-refractivity contribution >= 4 is 66.2 Å². The van der Waals surface area contributed by atoms with Crippen LogP contribution in [0.4, 0.5) is 43.4 Å². The molecule has 41 heavy (non-hydrogen) atoms. The molecule has 0 fully saturated rings. The first-order chi connectivity index (χ1) is 18.7. The van der Waals surface area contributed by atoms with E-state index in [-0.39, 0.29) is 5.69 Å². The van der Waals surface area contributed by atoms with E-state index in [1.54, 1.807) is 0 Å². The van der Waals surface area contributed by atoms with E-state index in [0.717, 1.165) is 48.5 Å². The molecule has 0 heterocycles. The van der Waals surface area contributed by atoms with Crippen molar-refractivity contribution in [3.8, 4) is 0 Å². The Morgan fingerprint density at radius 2 is 1.27 bits per heavy atom. The van der Waals surface area contributed by atoms with Gasteiger partial charge in [0.05, 0.1) is 38.0 Å². The molecule has 0 aliphatic heterocycles. The Kier molecular flexibility index (Phi) is 9.13. The van der Waals surface area contributed by atoms with Gasteiger partial charge in [0.25, 0.3) is 10.0 Å². The van der Waals surface area contributed by atoms with Crippen LogP contribution in [-0.4, -0.2) is 35.5 Å².